The summed E-state index contributed by atoms with van der Waals surface area (Å²) in [5.74, 6) is -0.787. The van der Waals surface area contributed by atoms with Crippen LogP contribution in [0.2, 0.25) is 0 Å². The number of phenolic OH excluding ortho intramolecular Hbond substituents is 1. The zero-order valence-corrected chi connectivity index (χ0v) is 13.3. The van der Waals surface area contributed by atoms with Crippen LogP contribution in [0, 0.1) is 10.1 Å². The Labute approximate surface area is 147 Å². The summed E-state index contributed by atoms with van der Waals surface area (Å²) >= 11 is 0. The molecule has 0 aliphatic rings. The van der Waals surface area contributed by atoms with Crippen molar-refractivity contribution in [2.45, 2.75) is 0 Å². The first-order valence-electron chi connectivity index (χ1n) is 7.50. The molecule has 2 aromatic carbocycles. The van der Waals surface area contributed by atoms with Crippen LogP contribution >= 0.6 is 0 Å². The van der Waals surface area contributed by atoms with E-state index >= 15 is 0 Å². The number of hydrogen-bond acceptors (Lipinski definition) is 6. The van der Waals surface area contributed by atoms with Crippen LogP contribution in [0.5, 0.6) is 5.75 Å². The Kier molecular flexibility index (Phi) is 4.75. The maximum absolute atomic E-state index is 12.1. The van der Waals surface area contributed by atoms with Crippen LogP contribution in [0.25, 0.3) is 16.8 Å². The summed E-state index contributed by atoms with van der Waals surface area (Å²) in [5, 5.41) is 25.9. The molecular formula is C18H13N3O5. The zero-order chi connectivity index (χ0) is 18.5. The number of hydrogen-bond donors (Lipinski definition) is 2. The maximum Gasteiger partial charge on any atom is 0.433 e. The molecule has 1 amide bonds. The lowest BCUT2D eigenvalue weighted by molar-refractivity contribution is -0.402. The van der Waals surface area contributed by atoms with E-state index in [1.54, 1.807) is 6.07 Å². The van der Waals surface area contributed by atoms with E-state index in [-0.39, 0.29) is 23.0 Å². The number of benzene rings is 2. The van der Waals surface area contributed by atoms with Gasteiger partial charge in [-0.05, 0) is 41.1 Å². The molecular weight excluding hydrogens is 338 g/mol. The van der Waals surface area contributed by atoms with Gasteiger partial charge in [0, 0.05) is 6.21 Å². The molecule has 0 saturated carbocycles. The first-order chi connectivity index (χ1) is 12.5. The summed E-state index contributed by atoms with van der Waals surface area (Å²) in [6.07, 6.45) is 4.18. The average Bonchev–Trinajstić information content (AvgIpc) is 3.10. The Morgan fingerprint density at radius 2 is 1.92 bits per heavy atom. The van der Waals surface area contributed by atoms with Crippen molar-refractivity contribution in [1.29, 1.82) is 0 Å². The van der Waals surface area contributed by atoms with E-state index in [0.29, 0.717) is 0 Å². The fraction of sp³-hybridized carbons (Fsp3) is 0. The normalized spacial score (nSPS) is 11.4. The van der Waals surface area contributed by atoms with Gasteiger partial charge in [-0.25, -0.2) is 5.43 Å². The van der Waals surface area contributed by atoms with Gasteiger partial charge in [0.2, 0.25) is 0 Å². The van der Waals surface area contributed by atoms with Gasteiger partial charge in [-0.1, -0.05) is 24.3 Å². The second-order valence-electron chi connectivity index (χ2n) is 5.23. The van der Waals surface area contributed by atoms with E-state index in [4.69, 9.17) is 4.42 Å². The molecule has 0 aliphatic heterocycles. The van der Waals surface area contributed by atoms with Crippen LogP contribution in [0.3, 0.4) is 0 Å². The van der Waals surface area contributed by atoms with Crippen molar-refractivity contribution in [3.63, 3.8) is 0 Å². The molecule has 1 heterocycles. The number of nitro groups is 1. The SMILES string of the molecule is O=C(N/N=C\C=C\c1ccc([N+](=O)[O-])o1)c1cc2ccccc2cc1O. The number of furan rings is 1. The molecule has 0 bridgehead atoms. The lowest BCUT2D eigenvalue weighted by atomic mass is 10.1. The minimum Gasteiger partial charge on any atom is -0.507 e. The van der Waals surface area contributed by atoms with Crippen molar-refractivity contribution < 1.29 is 19.2 Å². The number of rotatable bonds is 5. The number of carbonyl (C=O) groups is 1. The fourth-order valence-corrected chi connectivity index (χ4v) is 2.28. The minimum atomic E-state index is -0.637. The third kappa shape index (κ3) is 3.75. The Balaban J connectivity index is 1.64. The van der Waals surface area contributed by atoms with Gasteiger partial charge in [0.25, 0.3) is 5.91 Å². The summed E-state index contributed by atoms with van der Waals surface area (Å²) in [7, 11) is 0. The van der Waals surface area contributed by atoms with Gasteiger partial charge in [0.15, 0.2) is 0 Å². The van der Waals surface area contributed by atoms with E-state index in [0.717, 1.165) is 10.8 Å². The standard InChI is InChI=1S/C18H13N3O5/c22-16-11-13-5-2-1-4-12(13)10-15(16)18(23)20-19-9-3-6-14-7-8-17(26-14)21(24)25/h1-11,22H,(H,20,23)/b6-3+,19-9-. The number of carbonyl (C=O) groups excluding carboxylic acids is 1. The van der Waals surface area contributed by atoms with Crippen molar-refractivity contribution >= 4 is 34.9 Å². The highest BCUT2D eigenvalue weighted by atomic mass is 16.6. The van der Waals surface area contributed by atoms with Crippen LogP contribution in [0.1, 0.15) is 16.1 Å². The second-order valence-corrected chi connectivity index (χ2v) is 5.23. The molecule has 1 aromatic heterocycles. The monoisotopic (exact) mass is 351 g/mol. The fourth-order valence-electron chi connectivity index (χ4n) is 2.28. The summed E-state index contributed by atoms with van der Waals surface area (Å²) in [6, 6.07) is 13.1. The lowest BCUT2D eigenvalue weighted by Gasteiger charge is -2.05. The second kappa shape index (κ2) is 7.31. The van der Waals surface area contributed by atoms with Crippen LogP contribution in [-0.2, 0) is 0 Å². The molecule has 8 heteroatoms. The predicted octanol–water partition coefficient (Wildman–Crippen LogP) is 3.48. The van der Waals surface area contributed by atoms with Gasteiger partial charge in [-0.15, -0.1) is 0 Å². The molecule has 0 saturated heterocycles. The van der Waals surface area contributed by atoms with Crippen molar-refractivity contribution in [3.8, 4) is 5.75 Å². The summed E-state index contributed by atoms with van der Waals surface area (Å²) < 4.78 is 4.93. The van der Waals surface area contributed by atoms with E-state index in [9.17, 15) is 20.0 Å². The van der Waals surface area contributed by atoms with Gasteiger partial charge in [-0.3, -0.25) is 14.9 Å². The maximum atomic E-state index is 12.1. The van der Waals surface area contributed by atoms with E-state index in [1.807, 2.05) is 24.3 Å². The Bertz CT molecular complexity index is 1040. The van der Waals surface area contributed by atoms with Gasteiger partial charge in [-0.2, -0.15) is 5.10 Å². The molecule has 3 rings (SSSR count). The van der Waals surface area contributed by atoms with Crippen LogP contribution in [-0.4, -0.2) is 22.2 Å². The van der Waals surface area contributed by atoms with Gasteiger partial charge in [0.1, 0.15) is 16.4 Å². The third-order valence-electron chi connectivity index (χ3n) is 3.49. The van der Waals surface area contributed by atoms with Gasteiger partial charge < -0.3 is 9.52 Å². The third-order valence-corrected chi connectivity index (χ3v) is 3.49. The smallest absolute Gasteiger partial charge is 0.433 e. The zero-order valence-electron chi connectivity index (χ0n) is 13.3. The summed E-state index contributed by atoms with van der Waals surface area (Å²) in [5.41, 5.74) is 2.40. The molecule has 0 radical (unpaired) electrons. The molecule has 0 aliphatic carbocycles. The Morgan fingerprint density at radius 3 is 2.62 bits per heavy atom. The van der Waals surface area contributed by atoms with Gasteiger partial charge >= 0.3 is 5.88 Å². The number of hydrazone groups is 1. The quantitative estimate of drug-likeness (QED) is 0.414. The number of allylic oxidation sites excluding steroid dienone is 1. The van der Waals surface area contributed by atoms with Crippen LogP contribution in [0.4, 0.5) is 5.88 Å². The molecule has 3 aromatic rings. The number of amides is 1. The van der Waals surface area contributed by atoms with Crippen molar-refractivity contribution in [2.75, 3.05) is 0 Å². The molecule has 0 atom stereocenters. The van der Waals surface area contributed by atoms with E-state index in [1.165, 1.54) is 36.6 Å². The van der Waals surface area contributed by atoms with Crippen molar-refractivity contribution in [3.05, 3.63) is 76.0 Å². The lowest BCUT2D eigenvalue weighted by Crippen LogP contribution is -2.17. The molecule has 26 heavy (non-hydrogen) atoms. The Morgan fingerprint density at radius 1 is 1.19 bits per heavy atom. The minimum absolute atomic E-state index is 0.103. The van der Waals surface area contributed by atoms with E-state index < -0.39 is 10.8 Å². The number of aromatic hydroxyl groups is 1. The van der Waals surface area contributed by atoms with Crippen LogP contribution < -0.4 is 5.43 Å². The highest BCUT2D eigenvalue weighted by molar-refractivity contribution is 6.01. The molecule has 2 N–H and O–H groups in total. The number of nitrogens with one attached hydrogen (secondary N) is 1. The van der Waals surface area contributed by atoms with Crippen LogP contribution in [0.15, 0.2) is 64.1 Å². The summed E-state index contributed by atoms with van der Waals surface area (Å²) in [6.45, 7) is 0. The largest absolute Gasteiger partial charge is 0.507 e. The molecule has 0 fully saturated rings. The topological polar surface area (TPSA) is 118 Å². The first-order valence-corrected chi connectivity index (χ1v) is 7.50. The number of fused-ring (bicyclic) bond motifs is 1. The summed E-state index contributed by atoms with van der Waals surface area (Å²) in [4.78, 5) is 22.0. The first kappa shape index (κ1) is 16.9. The molecule has 8 nitrogen and oxygen atoms in total. The van der Waals surface area contributed by atoms with E-state index in [2.05, 4.69) is 10.5 Å². The average molecular weight is 351 g/mol. The molecule has 130 valence electrons. The highest BCUT2D eigenvalue weighted by Crippen LogP contribution is 2.24. The number of nitrogens with zero attached hydrogens (tertiary/aromatic N) is 2. The van der Waals surface area contributed by atoms with Gasteiger partial charge in [0.05, 0.1) is 11.6 Å². The number of phenols is 1. The molecule has 0 spiro atoms. The van der Waals surface area contributed by atoms with Crippen molar-refractivity contribution in [2.24, 2.45) is 5.10 Å². The highest BCUT2D eigenvalue weighted by Gasteiger charge is 2.12. The predicted molar refractivity (Wildman–Crippen MR) is 96.0 cm³/mol. The molecule has 0 unspecified atom stereocenters. The van der Waals surface area contributed by atoms with Crippen molar-refractivity contribution in [1.82, 2.24) is 5.43 Å². The Hall–Kier alpha value is -3.94.